The molecule has 2 aromatic carbocycles. The van der Waals surface area contributed by atoms with E-state index in [0.717, 1.165) is 36.0 Å². The van der Waals surface area contributed by atoms with Crippen LogP contribution in [0.5, 0.6) is 0 Å². The number of amides is 1. The summed E-state index contributed by atoms with van der Waals surface area (Å²) in [4.78, 5) is 19.3. The van der Waals surface area contributed by atoms with Gasteiger partial charge in [-0.15, -0.1) is 0 Å². The van der Waals surface area contributed by atoms with Crippen LogP contribution in [0.1, 0.15) is 23.0 Å². The molecule has 24 heavy (non-hydrogen) atoms. The summed E-state index contributed by atoms with van der Waals surface area (Å²) in [6.45, 7) is 4.18. The number of hydrogen-bond acceptors (Lipinski definition) is 3. The molecule has 1 aliphatic heterocycles. The van der Waals surface area contributed by atoms with Crippen molar-refractivity contribution in [3.63, 3.8) is 0 Å². The average Bonchev–Trinajstić information content (AvgIpc) is 3.03. The lowest BCUT2D eigenvalue weighted by molar-refractivity contribution is 0.102. The SMILES string of the molecule is CCN1CCc2ccc(NC(=O)c3nccc4ccccc34)cc21. The molecule has 1 amide bonds. The summed E-state index contributed by atoms with van der Waals surface area (Å²) in [5.41, 5.74) is 3.84. The maximum atomic E-state index is 12.7. The first-order chi connectivity index (χ1) is 11.8. The van der Waals surface area contributed by atoms with E-state index < -0.39 is 0 Å². The zero-order valence-corrected chi connectivity index (χ0v) is 13.6. The van der Waals surface area contributed by atoms with Crippen LogP contribution in [-0.4, -0.2) is 24.0 Å². The van der Waals surface area contributed by atoms with Gasteiger partial charge < -0.3 is 10.2 Å². The number of pyridine rings is 1. The van der Waals surface area contributed by atoms with Crippen molar-refractivity contribution < 1.29 is 4.79 Å². The second kappa shape index (κ2) is 5.96. The first-order valence-corrected chi connectivity index (χ1v) is 8.29. The van der Waals surface area contributed by atoms with Crippen LogP contribution in [0.4, 0.5) is 11.4 Å². The molecule has 1 N–H and O–H groups in total. The van der Waals surface area contributed by atoms with Gasteiger partial charge in [-0.05, 0) is 42.5 Å². The van der Waals surface area contributed by atoms with E-state index in [1.54, 1.807) is 6.20 Å². The number of benzene rings is 2. The fraction of sp³-hybridized carbons (Fsp3) is 0.200. The fourth-order valence-corrected chi connectivity index (χ4v) is 3.34. The standard InChI is InChI=1S/C20H19N3O/c1-2-23-12-10-15-7-8-16(13-18(15)23)22-20(24)19-17-6-4-3-5-14(17)9-11-21-19/h3-9,11,13H,2,10,12H2,1H3,(H,22,24). The highest BCUT2D eigenvalue weighted by Gasteiger charge is 2.19. The van der Waals surface area contributed by atoms with Crippen LogP contribution in [-0.2, 0) is 6.42 Å². The van der Waals surface area contributed by atoms with Gasteiger partial charge in [-0.25, -0.2) is 0 Å². The van der Waals surface area contributed by atoms with Crippen LogP contribution < -0.4 is 10.2 Å². The van der Waals surface area contributed by atoms with Gasteiger partial charge in [0.1, 0.15) is 5.69 Å². The average molecular weight is 317 g/mol. The molecule has 4 rings (SSSR count). The third-order valence-electron chi connectivity index (χ3n) is 4.61. The minimum atomic E-state index is -0.173. The minimum absolute atomic E-state index is 0.173. The molecule has 0 atom stereocenters. The van der Waals surface area contributed by atoms with Crippen LogP contribution >= 0.6 is 0 Å². The number of carbonyl (C=O) groups excluding carboxylic acids is 1. The van der Waals surface area contributed by atoms with Crippen LogP contribution in [0.15, 0.2) is 54.7 Å². The summed E-state index contributed by atoms with van der Waals surface area (Å²) in [6.07, 6.45) is 2.75. The molecule has 0 spiro atoms. The van der Waals surface area contributed by atoms with E-state index in [2.05, 4.69) is 34.3 Å². The number of nitrogens with zero attached hydrogens (tertiary/aromatic N) is 2. The summed E-state index contributed by atoms with van der Waals surface area (Å²) in [5.74, 6) is -0.173. The topological polar surface area (TPSA) is 45.2 Å². The Hall–Kier alpha value is -2.88. The van der Waals surface area contributed by atoms with Gasteiger partial charge in [0, 0.05) is 36.0 Å². The summed E-state index contributed by atoms with van der Waals surface area (Å²) in [7, 11) is 0. The number of fused-ring (bicyclic) bond motifs is 2. The zero-order chi connectivity index (χ0) is 16.5. The molecule has 2 heterocycles. The first-order valence-electron chi connectivity index (χ1n) is 8.29. The van der Waals surface area contributed by atoms with Crippen molar-refractivity contribution in [3.8, 4) is 0 Å². The maximum Gasteiger partial charge on any atom is 0.274 e. The van der Waals surface area contributed by atoms with E-state index in [9.17, 15) is 4.79 Å². The molecule has 0 aliphatic carbocycles. The van der Waals surface area contributed by atoms with Crippen molar-refractivity contribution in [2.75, 3.05) is 23.3 Å². The van der Waals surface area contributed by atoms with Gasteiger partial charge in [-0.2, -0.15) is 0 Å². The molecule has 0 fully saturated rings. The van der Waals surface area contributed by atoms with Gasteiger partial charge in [0.15, 0.2) is 0 Å². The van der Waals surface area contributed by atoms with Crippen molar-refractivity contribution in [3.05, 3.63) is 66.0 Å². The van der Waals surface area contributed by atoms with Crippen LogP contribution in [0.25, 0.3) is 10.8 Å². The quantitative estimate of drug-likeness (QED) is 0.797. The largest absolute Gasteiger partial charge is 0.371 e. The van der Waals surface area contributed by atoms with Crippen LogP contribution in [0.3, 0.4) is 0 Å². The molecule has 0 saturated heterocycles. The Morgan fingerprint density at radius 3 is 2.96 bits per heavy atom. The maximum absolute atomic E-state index is 12.7. The summed E-state index contributed by atoms with van der Waals surface area (Å²) >= 11 is 0. The highest BCUT2D eigenvalue weighted by atomic mass is 16.1. The molecule has 4 heteroatoms. The zero-order valence-electron chi connectivity index (χ0n) is 13.6. The molecule has 0 saturated carbocycles. The first kappa shape index (κ1) is 14.7. The van der Waals surface area contributed by atoms with Crippen molar-refractivity contribution in [1.29, 1.82) is 0 Å². The van der Waals surface area contributed by atoms with E-state index in [-0.39, 0.29) is 5.91 Å². The minimum Gasteiger partial charge on any atom is -0.371 e. The van der Waals surface area contributed by atoms with Gasteiger partial charge in [0.25, 0.3) is 5.91 Å². The molecule has 1 aromatic heterocycles. The van der Waals surface area contributed by atoms with E-state index in [4.69, 9.17) is 0 Å². The number of rotatable bonds is 3. The molecule has 0 radical (unpaired) electrons. The highest BCUT2D eigenvalue weighted by molar-refractivity contribution is 6.11. The van der Waals surface area contributed by atoms with E-state index in [0.29, 0.717) is 5.69 Å². The molecular weight excluding hydrogens is 298 g/mol. The Labute approximate surface area is 141 Å². The lowest BCUT2D eigenvalue weighted by Crippen LogP contribution is -2.19. The Bertz CT molecular complexity index is 914. The van der Waals surface area contributed by atoms with Crippen molar-refractivity contribution in [2.45, 2.75) is 13.3 Å². The van der Waals surface area contributed by atoms with Crippen LogP contribution in [0, 0.1) is 0 Å². The summed E-state index contributed by atoms with van der Waals surface area (Å²) < 4.78 is 0. The van der Waals surface area contributed by atoms with Gasteiger partial charge in [-0.1, -0.05) is 30.3 Å². The molecule has 0 bridgehead atoms. The smallest absolute Gasteiger partial charge is 0.274 e. The normalized spacial score (nSPS) is 13.1. The van der Waals surface area contributed by atoms with Gasteiger partial charge in [0.2, 0.25) is 0 Å². The number of hydrogen-bond donors (Lipinski definition) is 1. The predicted octanol–water partition coefficient (Wildman–Crippen LogP) is 3.87. The van der Waals surface area contributed by atoms with Crippen molar-refractivity contribution in [2.24, 2.45) is 0 Å². The number of carbonyl (C=O) groups is 1. The molecule has 0 unspecified atom stereocenters. The van der Waals surface area contributed by atoms with Gasteiger partial charge in [0.05, 0.1) is 0 Å². The van der Waals surface area contributed by atoms with Crippen LogP contribution in [0.2, 0.25) is 0 Å². The monoisotopic (exact) mass is 317 g/mol. The lowest BCUT2D eigenvalue weighted by atomic mass is 10.1. The third-order valence-corrected chi connectivity index (χ3v) is 4.61. The number of likely N-dealkylation sites (N-methyl/N-ethyl adjacent to an activating group) is 1. The summed E-state index contributed by atoms with van der Waals surface area (Å²) in [5, 5.41) is 4.88. The van der Waals surface area contributed by atoms with E-state index in [1.165, 1.54) is 11.3 Å². The predicted molar refractivity (Wildman–Crippen MR) is 97.7 cm³/mol. The molecule has 3 aromatic rings. The van der Waals surface area contributed by atoms with E-state index >= 15 is 0 Å². The number of anilines is 2. The second-order valence-corrected chi connectivity index (χ2v) is 6.01. The Balaban J connectivity index is 1.65. The third kappa shape index (κ3) is 2.50. The second-order valence-electron chi connectivity index (χ2n) is 6.01. The molecule has 1 aliphatic rings. The Morgan fingerprint density at radius 1 is 1.21 bits per heavy atom. The summed E-state index contributed by atoms with van der Waals surface area (Å²) in [6, 6.07) is 15.9. The Kier molecular flexibility index (Phi) is 3.65. The van der Waals surface area contributed by atoms with Gasteiger partial charge in [-0.3, -0.25) is 9.78 Å². The van der Waals surface area contributed by atoms with Crippen molar-refractivity contribution >= 4 is 28.1 Å². The lowest BCUT2D eigenvalue weighted by Gasteiger charge is -2.17. The van der Waals surface area contributed by atoms with E-state index in [1.807, 2.05) is 36.4 Å². The molecule has 120 valence electrons. The fourth-order valence-electron chi connectivity index (χ4n) is 3.34. The van der Waals surface area contributed by atoms with Crippen molar-refractivity contribution in [1.82, 2.24) is 4.98 Å². The Morgan fingerprint density at radius 2 is 2.08 bits per heavy atom. The number of aromatic nitrogens is 1. The number of nitrogens with one attached hydrogen (secondary N) is 1. The van der Waals surface area contributed by atoms with Gasteiger partial charge >= 0.3 is 0 Å². The molecule has 4 nitrogen and oxygen atoms in total. The highest BCUT2D eigenvalue weighted by Crippen LogP contribution is 2.30. The molecular formula is C20H19N3O.